The summed E-state index contributed by atoms with van der Waals surface area (Å²) in [6, 6.07) is 5.83. The average molecular weight is 266 g/mol. The Bertz CT molecular complexity index is 745. The van der Waals surface area contributed by atoms with E-state index in [1.807, 2.05) is 25.1 Å². The van der Waals surface area contributed by atoms with Crippen LogP contribution in [0.25, 0.3) is 11.0 Å². The van der Waals surface area contributed by atoms with Gasteiger partial charge in [-0.2, -0.15) is 0 Å². The van der Waals surface area contributed by atoms with Gasteiger partial charge < -0.3 is 4.98 Å². The predicted molar refractivity (Wildman–Crippen MR) is 80.6 cm³/mol. The fourth-order valence-electron chi connectivity index (χ4n) is 2.32. The number of benzene rings is 1. The third kappa shape index (κ3) is 3.08. The lowest BCUT2D eigenvalue weighted by Gasteiger charge is -1.99. The minimum absolute atomic E-state index is 0.196. The van der Waals surface area contributed by atoms with Crippen LogP contribution in [0.15, 0.2) is 23.0 Å². The van der Waals surface area contributed by atoms with Crippen molar-refractivity contribution < 1.29 is 0 Å². The molecule has 1 aliphatic rings. The molecule has 1 aromatic carbocycles. The molecule has 0 saturated heterocycles. The molecule has 0 unspecified atom stereocenters. The molecule has 102 valence electrons. The molecule has 1 aliphatic carbocycles. The summed E-state index contributed by atoms with van der Waals surface area (Å²) in [5.74, 6) is 6.92. The second kappa shape index (κ2) is 5.50. The molecule has 0 bridgehead atoms. The zero-order chi connectivity index (χ0) is 13.9. The quantitative estimate of drug-likeness (QED) is 0.685. The summed E-state index contributed by atoms with van der Waals surface area (Å²) in [6.45, 7) is 1.99. The maximum absolute atomic E-state index is 11.9. The van der Waals surface area contributed by atoms with Gasteiger partial charge in [0.05, 0.1) is 11.0 Å². The van der Waals surface area contributed by atoms with Crippen LogP contribution in [0, 0.1) is 24.7 Å². The molecule has 1 heterocycles. The number of fused-ring (bicyclic) bond motifs is 1. The summed E-state index contributed by atoms with van der Waals surface area (Å²) in [6.07, 6.45) is 6.03. The van der Waals surface area contributed by atoms with Crippen molar-refractivity contribution in [3.63, 3.8) is 0 Å². The highest BCUT2D eigenvalue weighted by molar-refractivity contribution is 5.75. The molecule has 3 rings (SSSR count). The normalized spacial score (nSPS) is 14.1. The molecule has 20 heavy (non-hydrogen) atoms. The van der Waals surface area contributed by atoms with Gasteiger partial charge in [0.15, 0.2) is 5.69 Å². The number of rotatable bonds is 3. The molecule has 3 nitrogen and oxygen atoms in total. The van der Waals surface area contributed by atoms with Crippen LogP contribution in [0.1, 0.15) is 43.4 Å². The van der Waals surface area contributed by atoms with Gasteiger partial charge in [0, 0.05) is 6.42 Å². The van der Waals surface area contributed by atoms with E-state index in [-0.39, 0.29) is 5.56 Å². The highest BCUT2D eigenvalue weighted by Crippen LogP contribution is 2.33. The number of hydrogen-bond donors (Lipinski definition) is 1. The molecule has 0 amide bonds. The fourth-order valence-corrected chi connectivity index (χ4v) is 2.32. The van der Waals surface area contributed by atoms with E-state index < -0.39 is 0 Å². The van der Waals surface area contributed by atoms with Crippen LogP contribution < -0.4 is 5.56 Å². The zero-order valence-electron chi connectivity index (χ0n) is 11.7. The van der Waals surface area contributed by atoms with E-state index in [2.05, 4.69) is 21.8 Å². The Morgan fingerprint density at radius 3 is 3.05 bits per heavy atom. The van der Waals surface area contributed by atoms with Gasteiger partial charge in [-0.25, -0.2) is 4.98 Å². The number of H-pyrrole nitrogens is 1. The Balaban J connectivity index is 1.76. The molecule has 1 fully saturated rings. The fraction of sp³-hybridized carbons (Fsp3) is 0.412. The number of nitrogens with one attached hydrogen (secondary N) is 1. The first-order valence-electron chi connectivity index (χ1n) is 7.22. The Hall–Kier alpha value is -2.08. The van der Waals surface area contributed by atoms with E-state index in [0.29, 0.717) is 5.69 Å². The number of nitrogens with zero attached hydrogens (tertiary/aromatic N) is 1. The van der Waals surface area contributed by atoms with Crippen molar-refractivity contribution in [2.45, 2.75) is 39.0 Å². The maximum Gasteiger partial charge on any atom is 0.283 e. The van der Waals surface area contributed by atoms with Crippen molar-refractivity contribution in [1.82, 2.24) is 9.97 Å². The Labute approximate surface area is 118 Å². The van der Waals surface area contributed by atoms with E-state index >= 15 is 0 Å². The lowest BCUT2D eigenvalue weighted by Crippen LogP contribution is -2.12. The van der Waals surface area contributed by atoms with Gasteiger partial charge in [0.1, 0.15) is 0 Å². The van der Waals surface area contributed by atoms with Crippen LogP contribution in [0.3, 0.4) is 0 Å². The van der Waals surface area contributed by atoms with E-state index in [1.165, 1.54) is 19.3 Å². The van der Waals surface area contributed by atoms with Crippen molar-refractivity contribution in [3.05, 3.63) is 39.8 Å². The molecule has 0 atom stereocenters. The summed E-state index contributed by atoms with van der Waals surface area (Å²) in [4.78, 5) is 19.1. The third-order valence-corrected chi connectivity index (χ3v) is 3.67. The number of aromatic nitrogens is 2. The largest absolute Gasteiger partial charge is 0.318 e. The molecular weight excluding hydrogens is 248 g/mol. The number of aryl methyl sites for hydroxylation is 1. The van der Waals surface area contributed by atoms with Gasteiger partial charge in [-0.15, -0.1) is 0 Å². The van der Waals surface area contributed by atoms with Crippen LogP contribution in [0.4, 0.5) is 0 Å². The van der Waals surface area contributed by atoms with Gasteiger partial charge in [-0.1, -0.05) is 24.8 Å². The second-order valence-corrected chi connectivity index (χ2v) is 5.57. The number of aromatic amines is 1. The van der Waals surface area contributed by atoms with Crippen molar-refractivity contribution >= 4 is 11.0 Å². The molecule has 3 heteroatoms. The minimum atomic E-state index is -0.196. The first kappa shape index (κ1) is 12.9. The lowest BCUT2D eigenvalue weighted by molar-refractivity contribution is 0.681. The first-order chi connectivity index (χ1) is 9.72. The van der Waals surface area contributed by atoms with Gasteiger partial charge in [-0.05, 0) is 49.3 Å². The van der Waals surface area contributed by atoms with E-state index in [1.54, 1.807) is 0 Å². The van der Waals surface area contributed by atoms with E-state index in [9.17, 15) is 4.79 Å². The average Bonchev–Trinajstić information content (AvgIpc) is 3.23. The van der Waals surface area contributed by atoms with Crippen LogP contribution in [0.2, 0.25) is 0 Å². The van der Waals surface area contributed by atoms with Gasteiger partial charge in [0.25, 0.3) is 5.56 Å². The molecule has 2 aromatic rings. The second-order valence-electron chi connectivity index (χ2n) is 5.57. The minimum Gasteiger partial charge on any atom is -0.318 e. The molecule has 0 spiro atoms. The van der Waals surface area contributed by atoms with Crippen LogP contribution in [-0.4, -0.2) is 9.97 Å². The summed E-state index contributed by atoms with van der Waals surface area (Å²) in [7, 11) is 0. The van der Waals surface area contributed by atoms with Crippen molar-refractivity contribution in [3.8, 4) is 11.8 Å². The molecule has 0 aliphatic heterocycles. The highest BCUT2D eigenvalue weighted by Gasteiger charge is 2.19. The molecular formula is C17H18N2O. The molecule has 1 saturated carbocycles. The number of unbranched alkanes of at least 4 members (excludes halogenated alkanes) is 1. The van der Waals surface area contributed by atoms with Crippen LogP contribution in [-0.2, 0) is 0 Å². The maximum atomic E-state index is 11.9. The smallest absolute Gasteiger partial charge is 0.283 e. The van der Waals surface area contributed by atoms with E-state index in [0.717, 1.165) is 35.4 Å². The Morgan fingerprint density at radius 1 is 1.40 bits per heavy atom. The number of hydrogen-bond acceptors (Lipinski definition) is 2. The van der Waals surface area contributed by atoms with Gasteiger partial charge in [-0.3, -0.25) is 4.79 Å². The molecule has 1 aromatic heterocycles. The molecule has 0 radical (unpaired) electrons. The van der Waals surface area contributed by atoms with Crippen LogP contribution in [0.5, 0.6) is 0 Å². The summed E-state index contributed by atoms with van der Waals surface area (Å²) in [5.41, 5.74) is 2.80. The first-order valence-corrected chi connectivity index (χ1v) is 7.22. The monoisotopic (exact) mass is 266 g/mol. The zero-order valence-corrected chi connectivity index (χ0v) is 11.7. The van der Waals surface area contributed by atoms with Crippen molar-refractivity contribution in [2.75, 3.05) is 0 Å². The Morgan fingerprint density at radius 2 is 2.25 bits per heavy atom. The standard InChI is InChI=1S/C17H18N2O/c1-12-7-10-14-16(11-12)19-17(20)15(18-14)6-4-2-3-5-13-8-9-13/h7,10-11,13H,2-3,5,8-9H2,1H3,(H,19,20). The Kier molecular flexibility index (Phi) is 3.56. The topological polar surface area (TPSA) is 45.8 Å². The summed E-state index contributed by atoms with van der Waals surface area (Å²) in [5, 5.41) is 0. The van der Waals surface area contributed by atoms with Crippen molar-refractivity contribution in [1.29, 1.82) is 0 Å². The summed E-state index contributed by atoms with van der Waals surface area (Å²) >= 11 is 0. The SMILES string of the molecule is Cc1ccc2nc(C#CCCCC3CC3)c(=O)[nH]c2c1. The predicted octanol–water partition coefficient (Wildman–Crippen LogP) is 3.16. The molecule has 1 N–H and O–H groups in total. The lowest BCUT2D eigenvalue weighted by atomic mass is 10.2. The third-order valence-electron chi connectivity index (χ3n) is 3.67. The van der Waals surface area contributed by atoms with Gasteiger partial charge in [0.2, 0.25) is 0 Å². The van der Waals surface area contributed by atoms with Crippen molar-refractivity contribution in [2.24, 2.45) is 5.92 Å². The highest BCUT2D eigenvalue weighted by atomic mass is 16.1. The summed E-state index contributed by atoms with van der Waals surface area (Å²) < 4.78 is 0. The van der Waals surface area contributed by atoms with E-state index in [4.69, 9.17) is 0 Å². The van der Waals surface area contributed by atoms with Gasteiger partial charge >= 0.3 is 0 Å². The van der Waals surface area contributed by atoms with Crippen LogP contribution >= 0.6 is 0 Å².